The first-order chi connectivity index (χ1) is 4.81. The van der Waals surface area contributed by atoms with Crippen molar-refractivity contribution < 1.29 is 9.94 Å². The highest BCUT2D eigenvalue weighted by molar-refractivity contribution is 5.57. The van der Waals surface area contributed by atoms with Gasteiger partial charge in [-0.3, -0.25) is 0 Å². The van der Waals surface area contributed by atoms with Gasteiger partial charge in [-0.2, -0.15) is 0 Å². The van der Waals surface area contributed by atoms with E-state index < -0.39 is 0 Å². The van der Waals surface area contributed by atoms with E-state index >= 15 is 0 Å². The predicted molar refractivity (Wildman–Crippen MR) is 40.5 cm³/mol. The molecule has 0 spiro atoms. The van der Waals surface area contributed by atoms with Crippen molar-refractivity contribution in [1.82, 2.24) is 0 Å². The molecule has 10 heavy (non-hydrogen) atoms. The normalized spacial score (nSPS) is 13.7. The van der Waals surface area contributed by atoms with Crippen LogP contribution in [-0.2, 0) is 4.74 Å². The third kappa shape index (κ3) is 5.31. The lowest BCUT2D eigenvalue weighted by molar-refractivity contribution is 0.0991. The van der Waals surface area contributed by atoms with E-state index in [-0.39, 0.29) is 6.10 Å². The monoisotopic (exact) mass is 143 g/mol. The summed E-state index contributed by atoms with van der Waals surface area (Å²) in [5.41, 5.74) is 0. The fraction of sp³-hybridized carbons (Fsp3) is 0.571. The Kier molecular flexibility index (Phi) is 5.77. The van der Waals surface area contributed by atoms with Gasteiger partial charge in [-0.25, -0.2) is 0 Å². The van der Waals surface area contributed by atoms with Gasteiger partial charge in [-0.05, 0) is 13.3 Å². The van der Waals surface area contributed by atoms with E-state index in [0.717, 1.165) is 6.42 Å². The summed E-state index contributed by atoms with van der Waals surface area (Å²) in [6, 6.07) is 0. The number of hydrogen-bond donors (Lipinski definition) is 1. The topological polar surface area (TPSA) is 41.8 Å². The summed E-state index contributed by atoms with van der Waals surface area (Å²) in [7, 11) is 0. The predicted octanol–water partition coefficient (Wildman–Crippen LogP) is 1.43. The molecule has 0 aliphatic heterocycles. The van der Waals surface area contributed by atoms with Crippen LogP contribution in [0.25, 0.3) is 0 Å². The van der Waals surface area contributed by atoms with Crippen molar-refractivity contribution in [3.63, 3.8) is 0 Å². The van der Waals surface area contributed by atoms with Crippen LogP contribution in [0.5, 0.6) is 0 Å². The summed E-state index contributed by atoms with van der Waals surface area (Å²) >= 11 is 0. The molecule has 0 radical (unpaired) electrons. The molecule has 3 nitrogen and oxygen atoms in total. The van der Waals surface area contributed by atoms with Crippen LogP contribution >= 0.6 is 0 Å². The molecule has 1 N–H and O–H groups in total. The highest BCUT2D eigenvalue weighted by Gasteiger charge is 1.95. The first-order valence-corrected chi connectivity index (χ1v) is 3.19. The van der Waals surface area contributed by atoms with E-state index in [1.807, 2.05) is 6.92 Å². The first-order valence-electron chi connectivity index (χ1n) is 3.19. The third-order valence-corrected chi connectivity index (χ3v) is 1.04. The highest BCUT2D eigenvalue weighted by Crippen LogP contribution is 1.95. The maximum absolute atomic E-state index is 7.98. The van der Waals surface area contributed by atoms with Crippen molar-refractivity contribution >= 4 is 6.21 Å². The Labute approximate surface area is 61.0 Å². The Morgan fingerprint density at radius 3 is 3.00 bits per heavy atom. The molecule has 0 rings (SSSR count). The molecule has 0 unspecified atom stereocenters. The van der Waals surface area contributed by atoms with E-state index in [1.165, 1.54) is 6.21 Å². The lowest BCUT2D eigenvalue weighted by Gasteiger charge is -2.06. The summed E-state index contributed by atoms with van der Waals surface area (Å²) < 4.78 is 5.14. The van der Waals surface area contributed by atoms with Gasteiger partial charge >= 0.3 is 0 Å². The quantitative estimate of drug-likeness (QED) is 0.274. The Morgan fingerprint density at radius 1 is 1.80 bits per heavy atom. The molecule has 0 saturated carbocycles. The molecule has 0 amide bonds. The third-order valence-electron chi connectivity index (χ3n) is 1.04. The van der Waals surface area contributed by atoms with Crippen LogP contribution in [0.1, 0.15) is 13.3 Å². The number of oxime groups is 1. The number of nitrogens with zero attached hydrogens (tertiary/aromatic N) is 1. The zero-order valence-electron chi connectivity index (χ0n) is 6.16. The van der Waals surface area contributed by atoms with Crippen LogP contribution in [0.2, 0.25) is 0 Å². The average Bonchev–Trinajstić information content (AvgIpc) is 1.89. The fourth-order valence-electron chi connectivity index (χ4n) is 0.543. The second-order valence-corrected chi connectivity index (χ2v) is 1.97. The Morgan fingerprint density at radius 2 is 2.50 bits per heavy atom. The second-order valence-electron chi connectivity index (χ2n) is 1.97. The van der Waals surface area contributed by atoms with Crippen molar-refractivity contribution in [1.29, 1.82) is 0 Å². The van der Waals surface area contributed by atoms with E-state index in [1.54, 1.807) is 6.08 Å². The molecule has 0 aromatic carbocycles. The van der Waals surface area contributed by atoms with E-state index in [9.17, 15) is 0 Å². The van der Waals surface area contributed by atoms with Crippen molar-refractivity contribution in [3.8, 4) is 0 Å². The van der Waals surface area contributed by atoms with Crippen molar-refractivity contribution in [3.05, 3.63) is 12.7 Å². The van der Waals surface area contributed by atoms with Gasteiger partial charge in [0, 0.05) is 0 Å². The molecule has 0 bridgehead atoms. The number of hydrogen-bond acceptors (Lipinski definition) is 3. The summed E-state index contributed by atoms with van der Waals surface area (Å²) in [6.45, 7) is 5.86. The lowest BCUT2D eigenvalue weighted by atomic mass is 10.3. The largest absolute Gasteiger partial charge is 0.411 e. The van der Waals surface area contributed by atoms with Gasteiger partial charge in [0.25, 0.3) is 0 Å². The van der Waals surface area contributed by atoms with Gasteiger partial charge in [0.15, 0.2) is 0 Å². The van der Waals surface area contributed by atoms with Crippen LogP contribution in [0.15, 0.2) is 17.8 Å². The molecule has 0 fully saturated rings. The maximum atomic E-state index is 7.98. The smallest absolute Gasteiger partial charge is 0.0855 e. The van der Waals surface area contributed by atoms with Gasteiger partial charge in [-0.1, -0.05) is 11.2 Å². The SMILES string of the molecule is C=CC[C@H](C)OCC=NO. The fourth-order valence-corrected chi connectivity index (χ4v) is 0.543. The lowest BCUT2D eigenvalue weighted by Crippen LogP contribution is -2.08. The molecular formula is C7H13NO2. The van der Waals surface area contributed by atoms with Gasteiger partial charge in [0.05, 0.1) is 18.9 Å². The molecule has 0 aliphatic carbocycles. The molecular weight excluding hydrogens is 130 g/mol. The van der Waals surface area contributed by atoms with Crippen molar-refractivity contribution in [2.45, 2.75) is 19.4 Å². The number of rotatable bonds is 5. The minimum absolute atomic E-state index is 0.149. The first kappa shape index (κ1) is 9.17. The summed E-state index contributed by atoms with van der Waals surface area (Å²) in [5, 5.41) is 10.8. The van der Waals surface area contributed by atoms with Crippen LogP contribution < -0.4 is 0 Å². The zero-order valence-corrected chi connectivity index (χ0v) is 6.16. The molecule has 0 aromatic heterocycles. The standard InChI is InChI=1S/C7H13NO2/c1-3-4-7(2)10-6-5-8-9/h3,5,7,9H,1,4,6H2,2H3/t7-/m0/s1. The van der Waals surface area contributed by atoms with E-state index in [4.69, 9.17) is 9.94 Å². The van der Waals surface area contributed by atoms with Gasteiger partial charge in [0.2, 0.25) is 0 Å². The zero-order chi connectivity index (χ0) is 7.82. The molecule has 3 heteroatoms. The molecule has 0 aliphatic rings. The Bertz CT molecular complexity index is 112. The van der Waals surface area contributed by atoms with E-state index in [2.05, 4.69) is 11.7 Å². The van der Waals surface area contributed by atoms with Gasteiger partial charge in [-0.15, -0.1) is 6.58 Å². The van der Waals surface area contributed by atoms with Crippen LogP contribution in [-0.4, -0.2) is 24.1 Å². The van der Waals surface area contributed by atoms with Crippen LogP contribution in [0.4, 0.5) is 0 Å². The Balaban J connectivity index is 3.20. The molecule has 0 heterocycles. The number of ether oxygens (including phenoxy) is 1. The highest BCUT2D eigenvalue weighted by atomic mass is 16.5. The van der Waals surface area contributed by atoms with Crippen LogP contribution in [0.3, 0.4) is 0 Å². The summed E-state index contributed by atoms with van der Waals surface area (Å²) in [4.78, 5) is 0. The van der Waals surface area contributed by atoms with Crippen molar-refractivity contribution in [2.75, 3.05) is 6.61 Å². The molecule has 58 valence electrons. The summed E-state index contributed by atoms with van der Waals surface area (Å²) in [5.74, 6) is 0. The van der Waals surface area contributed by atoms with Gasteiger partial charge < -0.3 is 9.94 Å². The van der Waals surface area contributed by atoms with Crippen molar-refractivity contribution in [2.24, 2.45) is 5.16 Å². The minimum atomic E-state index is 0.149. The van der Waals surface area contributed by atoms with Crippen LogP contribution in [0, 0.1) is 0 Å². The summed E-state index contributed by atoms with van der Waals surface area (Å²) in [6.07, 6.45) is 4.06. The molecule has 0 saturated heterocycles. The van der Waals surface area contributed by atoms with E-state index in [0.29, 0.717) is 6.61 Å². The molecule has 0 aromatic rings. The second kappa shape index (κ2) is 6.29. The maximum Gasteiger partial charge on any atom is 0.0855 e. The van der Waals surface area contributed by atoms with Gasteiger partial charge in [0.1, 0.15) is 0 Å². The Hall–Kier alpha value is -0.830. The minimum Gasteiger partial charge on any atom is -0.411 e. The average molecular weight is 143 g/mol. The molecule has 1 atom stereocenters.